The number of hydrogen-bond acceptors (Lipinski definition) is 4. The van der Waals surface area contributed by atoms with Gasteiger partial charge >= 0.3 is 0 Å². The second-order valence-electron chi connectivity index (χ2n) is 8.89. The molecule has 0 aliphatic heterocycles. The number of carbonyl (C=O) groups is 2. The minimum absolute atomic E-state index is 0.0173. The van der Waals surface area contributed by atoms with Crippen LogP contribution in [0.5, 0.6) is 0 Å². The summed E-state index contributed by atoms with van der Waals surface area (Å²) in [5.74, 6) is -0.984. The van der Waals surface area contributed by atoms with E-state index in [1.54, 1.807) is 55.5 Å². The lowest BCUT2D eigenvalue weighted by Gasteiger charge is -2.32. The van der Waals surface area contributed by atoms with Crippen molar-refractivity contribution in [1.82, 2.24) is 10.2 Å². The van der Waals surface area contributed by atoms with Gasteiger partial charge in [0.25, 0.3) is 10.0 Å². The van der Waals surface area contributed by atoms with Gasteiger partial charge in [-0.1, -0.05) is 71.2 Å². The van der Waals surface area contributed by atoms with Gasteiger partial charge in [0.1, 0.15) is 12.6 Å². The smallest absolute Gasteiger partial charge is 0.264 e. The summed E-state index contributed by atoms with van der Waals surface area (Å²) in [5, 5.41) is 3.44. The van der Waals surface area contributed by atoms with Crippen LogP contribution in [0.1, 0.15) is 26.3 Å². The SMILES string of the molecule is CC(C)NC(=O)[C@@H](C)N(Cc1ccc(Cl)cc1)C(=O)CN(c1cccc(Cl)c1Cl)S(=O)(=O)c1ccccc1. The van der Waals surface area contributed by atoms with Crippen LogP contribution in [0.15, 0.2) is 77.7 Å². The quantitative estimate of drug-likeness (QED) is 0.321. The van der Waals surface area contributed by atoms with Crippen LogP contribution in [-0.4, -0.2) is 43.8 Å². The standard InChI is InChI=1S/C27H28Cl3N3O4S/c1-18(2)31-27(35)19(3)32(16-20-12-14-21(28)15-13-20)25(34)17-33(24-11-7-10-23(29)26(24)30)38(36,37)22-8-5-4-6-9-22/h4-15,18-19H,16-17H2,1-3H3,(H,31,35)/t19-/m1/s1. The summed E-state index contributed by atoms with van der Waals surface area (Å²) in [4.78, 5) is 28.1. The van der Waals surface area contributed by atoms with Gasteiger partial charge in [0.05, 0.1) is 20.6 Å². The fourth-order valence-electron chi connectivity index (χ4n) is 3.69. The van der Waals surface area contributed by atoms with Crippen molar-refractivity contribution < 1.29 is 18.0 Å². The van der Waals surface area contributed by atoms with E-state index in [2.05, 4.69) is 5.32 Å². The number of halogens is 3. The van der Waals surface area contributed by atoms with Crippen molar-refractivity contribution in [3.05, 3.63) is 93.4 Å². The zero-order chi connectivity index (χ0) is 28.0. The predicted molar refractivity (Wildman–Crippen MR) is 152 cm³/mol. The van der Waals surface area contributed by atoms with Crippen molar-refractivity contribution in [3.63, 3.8) is 0 Å². The minimum Gasteiger partial charge on any atom is -0.352 e. The van der Waals surface area contributed by atoms with Crippen LogP contribution < -0.4 is 9.62 Å². The van der Waals surface area contributed by atoms with Crippen molar-refractivity contribution >= 4 is 62.3 Å². The molecule has 202 valence electrons. The molecule has 0 unspecified atom stereocenters. The van der Waals surface area contributed by atoms with E-state index in [9.17, 15) is 18.0 Å². The van der Waals surface area contributed by atoms with E-state index in [0.717, 1.165) is 4.31 Å². The van der Waals surface area contributed by atoms with Crippen molar-refractivity contribution in [2.24, 2.45) is 0 Å². The minimum atomic E-state index is -4.24. The summed E-state index contributed by atoms with van der Waals surface area (Å²) in [6.07, 6.45) is 0. The number of amides is 2. The van der Waals surface area contributed by atoms with E-state index < -0.39 is 28.5 Å². The molecule has 2 amide bonds. The third-order valence-corrected chi connectivity index (χ3v) is 8.51. The van der Waals surface area contributed by atoms with Crippen LogP contribution in [0.4, 0.5) is 5.69 Å². The Morgan fingerprint density at radius 3 is 2.11 bits per heavy atom. The normalized spacial score (nSPS) is 12.2. The first kappa shape index (κ1) is 29.8. The number of rotatable bonds is 10. The average molecular weight is 597 g/mol. The van der Waals surface area contributed by atoms with Gasteiger partial charge in [0.2, 0.25) is 11.8 Å². The molecule has 38 heavy (non-hydrogen) atoms. The van der Waals surface area contributed by atoms with Crippen LogP contribution in [0.3, 0.4) is 0 Å². The summed E-state index contributed by atoms with van der Waals surface area (Å²) in [5.41, 5.74) is 0.757. The third-order valence-electron chi connectivity index (χ3n) is 5.67. The molecule has 11 heteroatoms. The van der Waals surface area contributed by atoms with Gasteiger partial charge in [-0.2, -0.15) is 0 Å². The van der Waals surface area contributed by atoms with E-state index in [-0.39, 0.29) is 39.1 Å². The molecule has 0 bridgehead atoms. The van der Waals surface area contributed by atoms with Crippen molar-refractivity contribution in [3.8, 4) is 0 Å². The molecule has 0 aliphatic carbocycles. The molecule has 1 atom stereocenters. The molecule has 0 saturated carbocycles. The number of hydrogen-bond donors (Lipinski definition) is 1. The molecular weight excluding hydrogens is 569 g/mol. The second-order valence-corrected chi connectivity index (χ2v) is 12.0. The third kappa shape index (κ3) is 7.20. The molecule has 0 saturated heterocycles. The molecule has 0 fully saturated rings. The number of anilines is 1. The molecule has 3 rings (SSSR count). The zero-order valence-corrected chi connectivity index (χ0v) is 24.2. The highest BCUT2D eigenvalue weighted by Gasteiger charge is 2.33. The fraction of sp³-hybridized carbons (Fsp3) is 0.259. The summed E-state index contributed by atoms with van der Waals surface area (Å²) >= 11 is 18.6. The second kappa shape index (κ2) is 12.8. The van der Waals surface area contributed by atoms with Gasteiger partial charge in [-0.3, -0.25) is 13.9 Å². The van der Waals surface area contributed by atoms with Crippen LogP contribution >= 0.6 is 34.8 Å². The Bertz CT molecular complexity index is 1380. The number of nitrogens with zero attached hydrogens (tertiary/aromatic N) is 2. The van der Waals surface area contributed by atoms with E-state index in [4.69, 9.17) is 34.8 Å². The maximum absolute atomic E-state index is 13.8. The number of sulfonamides is 1. The molecule has 0 aliphatic rings. The summed E-state index contributed by atoms with van der Waals surface area (Å²) in [7, 11) is -4.24. The van der Waals surface area contributed by atoms with Gasteiger partial charge in [-0.05, 0) is 62.7 Å². The summed E-state index contributed by atoms with van der Waals surface area (Å²) < 4.78 is 28.4. The van der Waals surface area contributed by atoms with Gasteiger partial charge < -0.3 is 10.2 Å². The molecule has 0 radical (unpaired) electrons. The first-order chi connectivity index (χ1) is 17.9. The van der Waals surface area contributed by atoms with E-state index >= 15 is 0 Å². The molecule has 0 heterocycles. The largest absolute Gasteiger partial charge is 0.352 e. The Labute approximate surface area is 238 Å². The topological polar surface area (TPSA) is 86.8 Å². The van der Waals surface area contributed by atoms with Crippen LogP contribution in [0.25, 0.3) is 0 Å². The van der Waals surface area contributed by atoms with Gasteiger partial charge in [-0.25, -0.2) is 8.42 Å². The van der Waals surface area contributed by atoms with Crippen LogP contribution in [0, 0.1) is 0 Å². The van der Waals surface area contributed by atoms with Crippen molar-refractivity contribution in [1.29, 1.82) is 0 Å². The van der Waals surface area contributed by atoms with Crippen LogP contribution in [-0.2, 0) is 26.2 Å². The molecule has 0 spiro atoms. The molecular formula is C27H28Cl3N3O4S. The monoisotopic (exact) mass is 595 g/mol. The Morgan fingerprint density at radius 2 is 1.50 bits per heavy atom. The van der Waals surface area contributed by atoms with Crippen molar-refractivity contribution in [2.75, 3.05) is 10.8 Å². The molecule has 7 nitrogen and oxygen atoms in total. The number of nitrogens with one attached hydrogen (secondary N) is 1. The highest BCUT2D eigenvalue weighted by Crippen LogP contribution is 2.35. The highest BCUT2D eigenvalue weighted by molar-refractivity contribution is 7.92. The van der Waals surface area contributed by atoms with Crippen LogP contribution in [0.2, 0.25) is 15.1 Å². The molecule has 0 aromatic heterocycles. The molecule has 1 N–H and O–H groups in total. The Morgan fingerprint density at radius 1 is 0.868 bits per heavy atom. The Kier molecular flexibility index (Phi) is 10.1. The Balaban J connectivity index is 2.06. The van der Waals surface area contributed by atoms with Gasteiger partial charge in [0.15, 0.2) is 0 Å². The first-order valence-corrected chi connectivity index (χ1v) is 14.3. The fourth-order valence-corrected chi connectivity index (χ4v) is 5.71. The molecule has 3 aromatic carbocycles. The maximum atomic E-state index is 13.8. The van der Waals surface area contributed by atoms with Gasteiger partial charge in [0, 0.05) is 17.6 Å². The van der Waals surface area contributed by atoms with Crippen molar-refractivity contribution in [2.45, 2.75) is 44.3 Å². The predicted octanol–water partition coefficient (Wildman–Crippen LogP) is 5.78. The van der Waals surface area contributed by atoms with E-state index in [1.165, 1.54) is 29.2 Å². The lowest BCUT2D eigenvalue weighted by atomic mass is 10.1. The maximum Gasteiger partial charge on any atom is 0.264 e. The number of benzene rings is 3. The average Bonchev–Trinajstić information content (AvgIpc) is 2.88. The van der Waals surface area contributed by atoms with E-state index in [1.807, 2.05) is 13.8 Å². The zero-order valence-electron chi connectivity index (χ0n) is 21.1. The number of carbonyl (C=O) groups excluding carboxylic acids is 2. The Hall–Kier alpha value is -2.78. The highest BCUT2D eigenvalue weighted by atomic mass is 35.5. The lowest BCUT2D eigenvalue weighted by molar-refractivity contribution is -0.139. The summed E-state index contributed by atoms with van der Waals surface area (Å²) in [6, 6.07) is 18.0. The summed E-state index contributed by atoms with van der Waals surface area (Å²) in [6.45, 7) is 4.64. The molecule has 3 aromatic rings. The van der Waals surface area contributed by atoms with E-state index in [0.29, 0.717) is 10.6 Å². The lowest BCUT2D eigenvalue weighted by Crippen LogP contribution is -2.52. The first-order valence-electron chi connectivity index (χ1n) is 11.8. The van der Waals surface area contributed by atoms with Gasteiger partial charge in [-0.15, -0.1) is 0 Å².